The van der Waals surface area contributed by atoms with Crippen molar-refractivity contribution in [3.63, 3.8) is 0 Å². The van der Waals surface area contributed by atoms with Gasteiger partial charge >= 0.3 is 0 Å². The van der Waals surface area contributed by atoms with Crippen molar-refractivity contribution in [1.82, 2.24) is 10.3 Å². The van der Waals surface area contributed by atoms with Crippen LogP contribution in [0.25, 0.3) is 0 Å². The molecule has 2 rings (SSSR count). The lowest BCUT2D eigenvalue weighted by molar-refractivity contribution is 0.0940. The molecule has 4 nitrogen and oxygen atoms in total. The van der Waals surface area contributed by atoms with Gasteiger partial charge in [-0.2, -0.15) is 0 Å². The minimum atomic E-state index is -0.133. The second kappa shape index (κ2) is 5.52. The molecule has 3 N–H and O–H groups in total. The van der Waals surface area contributed by atoms with Crippen molar-refractivity contribution >= 4 is 11.6 Å². The number of aryl methyl sites for hydroxylation is 1. The third kappa shape index (κ3) is 3.31. The maximum Gasteiger partial charge on any atom is 0.251 e. The third-order valence-electron chi connectivity index (χ3n) is 2.89. The highest BCUT2D eigenvalue weighted by atomic mass is 16.1. The molecule has 0 aliphatic heterocycles. The number of nitrogen functional groups attached to an aromatic ring is 1. The van der Waals surface area contributed by atoms with Gasteiger partial charge in [-0.15, -0.1) is 0 Å². The smallest absolute Gasteiger partial charge is 0.251 e. The number of amides is 1. The fourth-order valence-electron chi connectivity index (χ4n) is 1.94. The van der Waals surface area contributed by atoms with E-state index in [1.54, 1.807) is 18.5 Å². The van der Waals surface area contributed by atoms with Crippen molar-refractivity contribution in [3.8, 4) is 0 Å². The van der Waals surface area contributed by atoms with Gasteiger partial charge in [0.05, 0.1) is 6.04 Å². The van der Waals surface area contributed by atoms with Crippen molar-refractivity contribution in [2.75, 3.05) is 5.73 Å². The Balaban J connectivity index is 2.13. The topological polar surface area (TPSA) is 68.0 Å². The Morgan fingerprint density at radius 3 is 2.79 bits per heavy atom. The molecule has 1 aromatic heterocycles. The molecule has 0 aliphatic rings. The average molecular weight is 255 g/mol. The van der Waals surface area contributed by atoms with Crippen molar-refractivity contribution < 1.29 is 4.79 Å². The molecule has 19 heavy (non-hydrogen) atoms. The molecule has 4 heteroatoms. The standard InChI is InChI=1S/C15H17N3O/c1-10-6-13(8-14(16)7-10)15(19)18-11(2)12-4-3-5-17-9-12/h3-9,11H,16H2,1-2H3,(H,18,19). The van der Waals surface area contributed by atoms with Crippen LogP contribution < -0.4 is 11.1 Å². The van der Waals surface area contributed by atoms with Crippen LogP contribution in [0.15, 0.2) is 42.7 Å². The summed E-state index contributed by atoms with van der Waals surface area (Å²) in [6.07, 6.45) is 3.45. The number of nitrogens with zero attached hydrogens (tertiary/aromatic N) is 1. The van der Waals surface area contributed by atoms with E-state index in [4.69, 9.17) is 5.73 Å². The van der Waals surface area contributed by atoms with Crippen molar-refractivity contribution in [3.05, 3.63) is 59.4 Å². The van der Waals surface area contributed by atoms with Crippen LogP contribution in [0.3, 0.4) is 0 Å². The van der Waals surface area contributed by atoms with Crippen LogP contribution in [-0.4, -0.2) is 10.9 Å². The average Bonchev–Trinajstić information content (AvgIpc) is 2.38. The highest BCUT2D eigenvalue weighted by molar-refractivity contribution is 5.95. The van der Waals surface area contributed by atoms with Gasteiger partial charge < -0.3 is 11.1 Å². The molecule has 98 valence electrons. The van der Waals surface area contributed by atoms with Crippen LogP contribution in [0.2, 0.25) is 0 Å². The maximum atomic E-state index is 12.1. The Bertz CT molecular complexity index is 561. The molecule has 1 amide bonds. The van der Waals surface area contributed by atoms with Crippen LogP contribution in [0.1, 0.15) is 34.5 Å². The normalized spacial score (nSPS) is 11.9. The highest BCUT2D eigenvalue weighted by Gasteiger charge is 2.12. The molecule has 0 radical (unpaired) electrons. The summed E-state index contributed by atoms with van der Waals surface area (Å²) in [4.78, 5) is 16.2. The number of nitrogens with two attached hydrogens (primary N) is 1. The molecule has 0 saturated heterocycles. The van der Waals surface area contributed by atoms with E-state index in [2.05, 4.69) is 10.3 Å². The number of nitrogens with one attached hydrogen (secondary N) is 1. The zero-order valence-corrected chi connectivity index (χ0v) is 11.1. The zero-order valence-electron chi connectivity index (χ0n) is 11.1. The number of anilines is 1. The number of pyridine rings is 1. The van der Waals surface area contributed by atoms with Gasteiger partial charge in [-0.05, 0) is 49.2 Å². The molecule has 1 unspecified atom stereocenters. The largest absolute Gasteiger partial charge is 0.399 e. The summed E-state index contributed by atoms with van der Waals surface area (Å²) in [6.45, 7) is 3.84. The SMILES string of the molecule is Cc1cc(N)cc(C(=O)NC(C)c2cccnc2)c1. The Morgan fingerprint density at radius 1 is 1.37 bits per heavy atom. The lowest BCUT2D eigenvalue weighted by atomic mass is 10.1. The minimum Gasteiger partial charge on any atom is -0.399 e. The van der Waals surface area contributed by atoms with Gasteiger partial charge in [-0.25, -0.2) is 0 Å². The summed E-state index contributed by atoms with van der Waals surface area (Å²) in [6, 6.07) is 9.02. The first-order valence-corrected chi connectivity index (χ1v) is 6.14. The van der Waals surface area contributed by atoms with E-state index in [1.807, 2.05) is 38.1 Å². The molecule has 1 aromatic carbocycles. The van der Waals surface area contributed by atoms with E-state index in [-0.39, 0.29) is 11.9 Å². The molecule has 0 saturated carbocycles. The van der Waals surface area contributed by atoms with E-state index in [0.29, 0.717) is 11.3 Å². The van der Waals surface area contributed by atoms with Crippen molar-refractivity contribution in [2.45, 2.75) is 19.9 Å². The summed E-state index contributed by atoms with van der Waals surface area (Å²) in [7, 11) is 0. The molecule has 0 fully saturated rings. The van der Waals surface area contributed by atoms with Gasteiger partial charge in [0.1, 0.15) is 0 Å². The predicted molar refractivity (Wildman–Crippen MR) is 75.7 cm³/mol. The van der Waals surface area contributed by atoms with Crippen LogP contribution in [-0.2, 0) is 0 Å². The highest BCUT2D eigenvalue weighted by Crippen LogP contribution is 2.14. The predicted octanol–water partition coefficient (Wildman–Crippen LogP) is 2.46. The van der Waals surface area contributed by atoms with Gasteiger partial charge in [0.15, 0.2) is 0 Å². The Morgan fingerprint density at radius 2 is 2.16 bits per heavy atom. The number of hydrogen-bond donors (Lipinski definition) is 2. The molecular weight excluding hydrogens is 238 g/mol. The van der Waals surface area contributed by atoms with E-state index in [9.17, 15) is 4.79 Å². The first-order valence-electron chi connectivity index (χ1n) is 6.14. The first kappa shape index (κ1) is 13.1. The second-order valence-corrected chi connectivity index (χ2v) is 4.61. The molecule has 0 aliphatic carbocycles. The lowest BCUT2D eigenvalue weighted by Gasteiger charge is -2.14. The van der Waals surface area contributed by atoms with Crippen molar-refractivity contribution in [2.24, 2.45) is 0 Å². The molecular formula is C15H17N3O. The maximum absolute atomic E-state index is 12.1. The fourth-order valence-corrected chi connectivity index (χ4v) is 1.94. The Labute approximate surface area is 112 Å². The van der Waals surface area contributed by atoms with Gasteiger partial charge in [-0.1, -0.05) is 6.07 Å². The van der Waals surface area contributed by atoms with E-state index < -0.39 is 0 Å². The summed E-state index contributed by atoms with van der Waals surface area (Å²) < 4.78 is 0. The Hall–Kier alpha value is -2.36. The molecule has 1 atom stereocenters. The molecule has 0 bridgehead atoms. The minimum absolute atomic E-state index is 0.0945. The monoisotopic (exact) mass is 255 g/mol. The van der Waals surface area contributed by atoms with Crippen LogP contribution in [0.5, 0.6) is 0 Å². The summed E-state index contributed by atoms with van der Waals surface area (Å²) in [5, 5.41) is 2.93. The summed E-state index contributed by atoms with van der Waals surface area (Å²) >= 11 is 0. The van der Waals surface area contributed by atoms with Crippen molar-refractivity contribution in [1.29, 1.82) is 0 Å². The first-order chi connectivity index (χ1) is 9.06. The number of aromatic nitrogens is 1. The summed E-state index contributed by atoms with van der Waals surface area (Å²) in [5.41, 5.74) is 8.86. The number of carbonyl (C=O) groups is 1. The zero-order chi connectivity index (χ0) is 13.8. The van der Waals surface area contributed by atoms with Gasteiger partial charge in [-0.3, -0.25) is 9.78 Å². The number of benzene rings is 1. The van der Waals surface area contributed by atoms with E-state index in [0.717, 1.165) is 11.1 Å². The number of carbonyl (C=O) groups excluding carboxylic acids is 1. The molecule has 1 heterocycles. The Kier molecular flexibility index (Phi) is 3.80. The van der Waals surface area contributed by atoms with Gasteiger partial charge in [0, 0.05) is 23.6 Å². The summed E-state index contributed by atoms with van der Waals surface area (Å²) in [5.74, 6) is -0.133. The third-order valence-corrected chi connectivity index (χ3v) is 2.89. The van der Waals surface area contributed by atoms with Crippen LogP contribution >= 0.6 is 0 Å². The lowest BCUT2D eigenvalue weighted by Crippen LogP contribution is -2.26. The fraction of sp³-hybridized carbons (Fsp3) is 0.200. The number of rotatable bonds is 3. The molecule has 0 spiro atoms. The number of hydrogen-bond acceptors (Lipinski definition) is 3. The van der Waals surface area contributed by atoms with E-state index in [1.165, 1.54) is 0 Å². The van der Waals surface area contributed by atoms with Gasteiger partial charge in [0.25, 0.3) is 5.91 Å². The second-order valence-electron chi connectivity index (χ2n) is 4.61. The van der Waals surface area contributed by atoms with Gasteiger partial charge in [0.2, 0.25) is 0 Å². The van der Waals surface area contributed by atoms with Crippen LogP contribution in [0.4, 0.5) is 5.69 Å². The molecule has 2 aromatic rings. The quantitative estimate of drug-likeness (QED) is 0.828. The van der Waals surface area contributed by atoms with Crippen LogP contribution in [0, 0.1) is 6.92 Å². The van der Waals surface area contributed by atoms with E-state index >= 15 is 0 Å².